The van der Waals surface area contributed by atoms with Crippen LogP contribution in [0.1, 0.15) is 44.1 Å². The molecule has 2 saturated heterocycles. The Hall–Kier alpha value is -1.50. The molecule has 2 aliphatic heterocycles. The van der Waals surface area contributed by atoms with Gasteiger partial charge in [-0.1, -0.05) is 12.8 Å². The van der Waals surface area contributed by atoms with E-state index in [1.807, 2.05) is 0 Å². The van der Waals surface area contributed by atoms with Gasteiger partial charge in [0.25, 0.3) is 0 Å². The summed E-state index contributed by atoms with van der Waals surface area (Å²) in [6.07, 6.45) is 7.77. The number of anilines is 2. The van der Waals surface area contributed by atoms with Gasteiger partial charge in [0.05, 0.1) is 12.8 Å². The van der Waals surface area contributed by atoms with E-state index < -0.39 is 0 Å². The van der Waals surface area contributed by atoms with E-state index in [1.165, 1.54) is 50.3 Å². The zero-order chi connectivity index (χ0) is 20.6. The topological polar surface area (TPSA) is 65.2 Å². The van der Waals surface area contributed by atoms with E-state index in [4.69, 9.17) is 15.6 Å². The van der Waals surface area contributed by atoms with E-state index in [1.54, 1.807) is 7.11 Å². The van der Waals surface area contributed by atoms with Gasteiger partial charge in [0, 0.05) is 63.7 Å². The van der Waals surface area contributed by atoms with Crippen molar-refractivity contribution in [2.75, 3.05) is 70.7 Å². The van der Waals surface area contributed by atoms with Crippen LogP contribution in [0, 0.1) is 0 Å². The Bertz CT molecular complexity index is 624. The molecule has 1 aromatic carbocycles. The van der Waals surface area contributed by atoms with Crippen LogP contribution in [0.5, 0.6) is 5.75 Å². The molecule has 0 aliphatic carbocycles. The largest absolute Gasteiger partial charge is 0.495 e. The fourth-order valence-corrected chi connectivity index (χ4v) is 4.74. The summed E-state index contributed by atoms with van der Waals surface area (Å²) >= 11 is 0. The van der Waals surface area contributed by atoms with Gasteiger partial charge < -0.3 is 25.4 Å². The molecule has 0 saturated carbocycles. The first kappa shape index (κ1) is 22.2. The quantitative estimate of drug-likeness (QED) is 0.487. The highest BCUT2D eigenvalue weighted by Gasteiger charge is 2.27. The number of hydrogen-bond acceptors (Lipinski definition) is 6. The van der Waals surface area contributed by atoms with Crippen LogP contribution in [0.15, 0.2) is 12.1 Å². The number of ether oxygens (including phenoxy) is 1. The van der Waals surface area contributed by atoms with Gasteiger partial charge in [-0.15, -0.1) is 0 Å². The number of aryl methyl sites for hydroxylation is 1. The van der Waals surface area contributed by atoms with Gasteiger partial charge >= 0.3 is 0 Å². The smallest absolute Gasteiger partial charge is 0.143 e. The molecule has 3 rings (SSSR count). The number of likely N-dealkylation sites (N-methyl/N-ethyl adjacent to an activating group) is 1. The lowest BCUT2D eigenvalue weighted by Gasteiger charge is -2.43. The second kappa shape index (κ2) is 11.0. The molecule has 2 aliphatic rings. The third kappa shape index (κ3) is 6.00. The van der Waals surface area contributed by atoms with Crippen LogP contribution >= 0.6 is 0 Å². The first-order chi connectivity index (χ1) is 14.1. The summed E-state index contributed by atoms with van der Waals surface area (Å²) in [5.41, 5.74) is 9.60. The summed E-state index contributed by atoms with van der Waals surface area (Å²) in [4.78, 5) is 7.67. The maximum absolute atomic E-state index is 8.98. The molecule has 0 unspecified atom stereocenters. The van der Waals surface area contributed by atoms with Crippen molar-refractivity contribution in [2.24, 2.45) is 0 Å². The molecule has 0 aromatic heterocycles. The number of piperidine rings is 1. The lowest BCUT2D eigenvalue weighted by atomic mass is 9.98. The summed E-state index contributed by atoms with van der Waals surface area (Å²) in [6, 6.07) is 4.99. The lowest BCUT2D eigenvalue weighted by Crippen LogP contribution is -2.52. The minimum atomic E-state index is 0.295. The summed E-state index contributed by atoms with van der Waals surface area (Å²) in [5, 5.41) is 8.98. The van der Waals surface area contributed by atoms with Crippen LogP contribution in [0.2, 0.25) is 0 Å². The van der Waals surface area contributed by atoms with Gasteiger partial charge in [0.1, 0.15) is 5.75 Å². The lowest BCUT2D eigenvalue weighted by molar-refractivity contribution is 0.0982. The van der Waals surface area contributed by atoms with Gasteiger partial charge in [-0.2, -0.15) is 0 Å². The number of benzene rings is 1. The van der Waals surface area contributed by atoms with Crippen molar-refractivity contribution in [3.8, 4) is 5.75 Å². The van der Waals surface area contributed by atoms with Crippen molar-refractivity contribution >= 4 is 11.4 Å². The maximum atomic E-state index is 8.98. The number of rotatable bonds is 9. The zero-order valence-electron chi connectivity index (χ0n) is 18.4. The molecule has 0 spiro atoms. The number of nitrogen functional groups attached to an aromatic ring is 1. The molecule has 0 atom stereocenters. The van der Waals surface area contributed by atoms with Gasteiger partial charge in [-0.3, -0.25) is 4.90 Å². The maximum Gasteiger partial charge on any atom is 0.143 e. The Morgan fingerprint density at radius 1 is 1.00 bits per heavy atom. The highest BCUT2D eigenvalue weighted by Crippen LogP contribution is 2.34. The molecule has 0 radical (unpaired) electrons. The molecule has 2 fully saturated rings. The van der Waals surface area contributed by atoms with Crippen molar-refractivity contribution in [1.29, 1.82) is 0 Å². The number of aliphatic hydroxyl groups excluding tert-OH is 1. The van der Waals surface area contributed by atoms with Crippen LogP contribution in [0.4, 0.5) is 11.4 Å². The molecule has 0 amide bonds. The molecule has 6 nitrogen and oxygen atoms in total. The monoisotopic (exact) mass is 404 g/mol. The Labute approximate surface area is 176 Å². The van der Waals surface area contributed by atoms with Crippen molar-refractivity contribution < 1.29 is 9.84 Å². The van der Waals surface area contributed by atoms with Crippen molar-refractivity contribution in [2.45, 2.75) is 51.0 Å². The molecule has 0 bridgehead atoms. The third-order valence-electron chi connectivity index (χ3n) is 6.64. The Balaban J connectivity index is 1.62. The number of aliphatic hydroxyl groups is 1. The van der Waals surface area contributed by atoms with Gasteiger partial charge in [0.2, 0.25) is 0 Å². The van der Waals surface area contributed by atoms with Crippen LogP contribution in [0.25, 0.3) is 0 Å². The third-order valence-corrected chi connectivity index (χ3v) is 6.64. The minimum absolute atomic E-state index is 0.295. The fourth-order valence-electron chi connectivity index (χ4n) is 4.74. The van der Waals surface area contributed by atoms with E-state index in [2.05, 4.69) is 33.9 Å². The van der Waals surface area contributed by atoms with Gasteiger partial charge in [0.15, 0.2) is 0 Å². The van der Waals surface area contributed by atoms with Gasteiger partial charge in [-0.05, 0) is 50.8 Å². The highest BCUT2D eigenvalue weighted by molar-refractivity contribution is 5.67. The molecular formula is C23H40N4O2. The summed E-state index contributed by atoms with van der Waals surface area (Å²) in [5.74, 6) is 0.783. The number of methoxy groups -OCH3 is 1. The Kier molecular flexibility index (Phi) is 8.45. The van der Waals surface area contributed by atoms with Gasteiger partial charge in [-0.25, -0.2) is 0 Å². The molecule has 3 N–H and O–H groups in total. The second-order valence-corrected chi connectivity index (χ2v) is 8.67. The predicted molar refractivity (Wildman–Crippen MR) is 121 cm³/mol. The first-order valence-electron chi connectivity index (χ1n) is 11.4. The number of hydrogen-bond donors (Lipinski definition) is 2. The minimum Gasteiger partial charge on any atom is -0.495 e. The highest BCUT2D eigenvalue weighted by atomic mass is 16.5. The van der Waals surface area contributed by atoms with Crippen LogP contribution < -0.4 is 15.4 Å². The average Bonchev–Trinajstić information content (AvgIpc) is 2.74. The van der Waals surface area contributed by atoms with E-state index in [-0.39, 0.29) is 0 Å². The Morgan fingerprint density at radius 3 is 2.34 bits per heavy atom. The van der Waals surface area contributed by atoms with Crippen molar-refractivity contribution in [3.05, 3.63) is 17.7 Å². The van der Waals surface area contributed by atoms with Crippen LogP contribution in [-0.2, 0) is 6.42 Å². The van der Waals surface area contributed by atoms with E-state index in [0.717, 1.165) is 62.7 Å². The normalized spacial score (nSPS) is 19.6. The molecule has 29 heavy (non-hydrogen) atoms. The van der Waals surface area contributed by atoms with Crippen molar-refractivity contribution in [3.63, 3.8) is 0 Å². The number of unbranched alkanes of at least 4 members (excludes halogenated alkanes) is 3. The average molecular weight is 405 g/mol. The predicted octanol–water partition coefficient (Wildman–Crippen LogP) is 2.59. The van der Waals surface area contributed by atoms with Crippen LogP contribution in [-0.4, -0.2) is 81.0 Å². The summed E-state index contributed by atoms with van der Waals surface area (Å²) in [6.45, 7) is 7.28. The number of nitrogens with zero attached hydrogens (tertiary/aromatic N) is 3. The van der Waals surface area contributed by atoms with E-state index >= 15 is 0 Å². The van der Waals surface area contributed by atoms with E-state index in [0.29, 0.717) is 6.61 Å². The summed E-state index contributed by atoms with van der Waals surface area (Å²) in [7, 11) is 3.92. The molecular weight excluding hydrogens is 364 g/mol. The van der Waals surface area contributed by atoms with E-state index in [9.17, 15) is 0 Å². The molecule has 6 heteroatoms. The summed E-state index contributed by atoms with van der Waals surface area (Å²) < 4.78 is 5.52. The molecule has 164 valence electrons. The zero-order valence-corrected chi connectivity index (χ0v) is 18.4. The SMILES string of the molecule is COc1cc(N2CCC(N3CCN(C)CC3)CC2)c(CCCCCCO)cc1N. The standard InChI is InChI=1S/C23H40N4O2/c1-25-12-14-26(15-13-25)20-8-10-27(11-9-20)22-18-23(29-2)21(24)17-19(22)7-5-3-4-6-16-28/h17-18,20,28H,3-16,24H2,1-2H3. The first-order valence-corrected chi connectivity index (χ1v) is 11.4. The number of nitrogens with two attached hydrogens (primary N) is 1. The number of piperazine rings is 1. The fraction of sp³-hybridized carbons (Fsp3) is 0.739. The molecule has 1 aromatic rings. The second-order valence-electron chi connectivity index (χ2n) is 8.67. The molecule has 2 heterocycles. The van der Waals surface area contributed by atoms with Crippen molar-refractivity contribution in [1.82, 2.24) is 9.80 Å². The Morgan fingerprint density at radius 2 is 1.69 bits per heavy atom. The van der Waals surface area contributed by atoms with Crippen LogP contribution in [0.3, 0.4) is 0 Å².